The molecule has 7 heteroatoms. The van der Waals surface area contributed by atoms with E-state index in [4.69, 9.17) is 0 Å². The van der Waals surface area contributed by atoms with E-state index in [9.17, 15) is 13.6 Å². The minimum Gasteiger partial charge on any atom is -0.772 e. The standard InChI is InChI=1S/C24H37N3O3S/c1-19(31(29)30)16-26-18-23(27(22(26)28)17-20-8-7-9-20)12-14-24(15-13-23,25(2)3)21-10-5-4-6-11-21/h4-6,10-11,19-20H,7-9,12-18H2,1-3H3,(H,29,30)/p-1. The van der Waals surface area contributed by atoms with Gasteiger partial charge in [-0.15, -0.1) is 0 Å². The highest BCUT2D eigenvalue weighted by Gasteiger charge is 2.54. The van der Waals surface area contributed by atoms with E-state index in [1.165, 1.54) is 24.8 Å². The minimum atomic E-state index is -2.16. The second-order valence-electron chi connectivity index (χ2n) is 10.2. The average molecular weight is 447 g/mol. The molecule has 2 amide bonds. The van der Waals surface area contributed by atoms with Crippen LogP contribution in [0.15, 0.2) is 30.3 Å². The van der Waals surface area contributed by atoms with E-state index in [1.807, 2.05) is 4.90 Å². The molecule has 0 bridgehead atoms. The molecule has 1 aromatic rings. The third-order valence-corrected chi connectivity index (χ3v) is 9.01. The molecule has 1 saturated heterocycles. The number of urea groups is 1. The fraction of sp³-hybridized carbons (Fsp3) is 0.708. The molecular formula is C24H36N3O3S-. The first-order valence-electron chi connectivity index (χ1n) is 11.6. The van der Waals surface area contributed by atoms with Crippen LogP contribution in [-0.2, 0) is 16.6 Å². The van der Waals surface area contributed by atoms with Crippen LogP contribution in [0.4, 0.5) is 4.79 Å². The van der Waals surface area contributed by atoms with Crippen LogP contribution >= 0.6 is 0 Å². The second kappa shape index (κ2) is 8.83. The predicted molar refractivity (Wildman–Crippen MR) is 122 cm³/mol. The third-order valence-electron chi connectivity index (χ3n) is 8.21. The highest BCUT2D eigenvalue weighted by atomic mass is 32.2. The molecule has 6 nitrogen and oxygen atoms in total. The summed E-state index contributed by atoms with van der Waals surface area (Å²) in [4.78, 5) is 19.7. The van der Waals surface area contributed by atoms with Gasteiger partial charge in [0, 0.05) is 30.4 Å². The van der Waals surface area contributed by atoms with Gasteiger partial charge in [0.1, 0.15) is 0 Å². The molecule has 0 radical (unpaired) electrons. The van der Waals surface area contributed by atoms with Gasteiger partial charge in [-0.05, 0) is 64.1 Å². The van der Waals surface area contributed by atoms with Crippen molar-refractivity contribution in [1.82, 2.24) is 14.7 Å². The van der Waals surface area contributed by atoms with E-state index < -0.39 is 16.3 Å². The van der Waals surface area contributed by atoms with E-state index in [0.717, 1.165) is 32.2 Å². The van der Waals surface area contributed by atoms with Crippen molar-refractivity contribution < 1.29 is 13.6 Å². The van der Waals surface area contributed by atoms with E-state index in [-0.39, 0.29) is 23.7 Å². The molecule has 3 fully saturated rings. The zero-order valence-corrected chi connectivity index (χ0v) is 19.9. The SMILES string of the molecule is CC(CN1CC2(CCC(c3ccccc3)(N(C)C)CC2)N(CC2CCC2)C1=O)S(=O)[O-]. The zero-order valence-electron chi connectivity index (χ0n) is 19.1. The Balaban J connectivity index is 1.58. The van der Waals surface area contributed by atoms with Gasteiger partial charge in [0.05, 0.1) is 5.54 Å². The molecule has 31 heavy (non-hydrogen) atoms. The molecule has 172 valence electrons. The maximum Gasteiger partial charge on any atom is 0.320 e. The number of hydrogen-bond acceptors (Lipinski definition) is 4. The van der Waals surface area contributed by atoms with Gasteiger partial charge in [0.25, 0.3) is 0 Å². The number of benzene rings is 1. The molecule has 2 saturated carbocycles. The van der Waals surface area contributed by atoms with E-state index >= 15 is 0 Å². The Hall–Kier alpha value is -1.44. The van der Waals surface area contributed by atoms with Crippen LogP contribution in [0.3, 0.4) is 0 Å². The Kier molecular flexibility index (Phi) is 6.48. The zero-order chi connectivity index (χ0) is 22.2. The van der Waals surface area contributed by atoms with E-state index in [2.05, 4.69) is 54.2 Å². The summed E-state index contributed by atoms with van der Waals surface area (Å²) in [7, 11) is 4.32. The number of carbonyl (C=O) groups excluding carboxylic acids is 1. The van der Waals surface area contributed by atoms with Gasteiger partial charge in [-0.2, -0.15) is 0 Å². The number of rotatable bonds is 7. The smallest absolute Gasteiger partial charge is 0.320 e. The number of hydrogen-bond donors (Lipinski definition) is 0. The molecule has 2 atom stereocenters. The molecule has 0 aromatic heterocycles. The monoisotopic (exact) mass is 446 g/mol. The first kappa shape index (κ1) is 22.7. The Labute approximate surface area is 189 Å². The topological polar surface area (TPSA) is 66.9 Å². The highest BCUT2D eigenvalue weighted by molar-refractivity contribution is 7.79. The molecule has 2 aliphatic carbocycles. The lowest BCUT2D eigenvalue weighted by Crippen LogP contribution is -2.56. The Morgan fingerprint density at radius 3 is 2.32 bits per heavy atom. The van der Waals surface area contributed by atoms with Crippen molar-refractivity contribution in [2.24, 2.45) is 5.92 Å². The summed E-state index contributed by atoms with van der Waals surface area (Å²) in [6, 6.07) is 10.8. The summed E-state index contributed by atoms with van der Waals surface area (Å²) in [5.74, 6) is 0.599. The van der Waals surface area contributed by atoms with Crippen molar-refractivity contribution in [3.63, 3.8) is 0 Å². The summed E-state index contributed by atoms with van der Waals surface area (Å²) in [6.07, 6.45) is 7.55. The molecule has 1 aliphatic heterocycles. The highest BCUT2D eigenvalue weighted by Crippen LogP contribution is 2.49. The normalized spacial score (nSPS) is 31.3. The lowest BCUT2D eigenvalue weighted by atomic mass is 9.68. The van der Waals surface area contributed by atoms with Crippen LogP contribution in [0.2, 0.25) is 0 Å². The maximum atomic E-state index is 13.4. The van der Waals surface area contributed by atoms with Crippen molar-refractivity contribution in [2.75, 3.05) is 33.7 Å². The predicted octanol–water partition coefficient (Wildman–Crippen LogP) is 3.56. The van der Waals surface area contributed by atoms with Crippen LogP contribution in [0.25, 0.3) is 0 Å². The van der Waals surface area contributed by atoms with Crippen LogP contribution in [-0.4, -0.2) is 74.0 Å². The second-order valence-corrected chi connectivity index (χ2v) is 11.5. The maximum absolute atomic E-state index is 13.4. The molecule has 0 N–H and O–H groups in total. The fourth-order valence-corrected chi connectivity index (χ4v) is 6.20. The summed E-state index contributed by atoms with van der Waals surface area (Å²) >= 11 is -2.16. The van der Waals surface area contributed by atoms with Crippen molar-refractivity contribution in [3.05, 3.63) is 35.9 Å². The Bertz CT molecular complexity index is 804. The number of carbonyl (C=O) groups is 1. The number of nitrogens with zero attached hydrogens (tertiary/aromatic N) is 3. The molecule has 3 aliphatic rings. The first-order chi connectivity index (χ1) is 14.8. The van der Waals surface area contributed by atoms with Gasteiger partial charge in [0.15, 0.2) is 0 Å². The first-order valence-corrected chi connectivity index (χ1v) is 12.8. The molecule has 4 rings (SSSR count). The summed E-state index contributed by atoms with van der Waals surface area (Å²) < 4.78 is 22.9. The van der Waals surface area contributed by atoms with Crippen LogP contribution < -0.4 is 0 Å². The van der Waals surface area contributed by atoms with Gasteiger partial charge in [-0.3, -0.25) is 9.11 Å². The lowest BCUT2D eigenvalue weighted by molar-refractivity contribution is 0.0160. The van der Waals surface area contributed by atoms with E-state index in [0.29, 0.717) is 12.5 Å². The third kappa shape index (κ3) is 4.16. The fourth-order valence-electron chi connectivity index (χ4n) is 5.90. The Morgan fingerprint density at radius 1 is 1.16 bits per heavy atom. The van der Waals surface area contributed by atoms with Crippen molar-refractivity contribution in [2.45, 2.75) is 68.2 Å². The molecular weight excluding hydrogens is 410 g/mol. The average Bonchev–Trinajstić information content (AvgIpc) is 2.96. The van der Waals surface area contributed by atoms with Gasteiger partial charge < -0.3 is 14.4 Å². The quantitative estimate of drug-likeness (QED) is 0.601. The van der Waals surface area contributed by atoms with Crippen LogP contribution in [0, 0.1) is 5.92 Å². The molecule has 1 heterocycles. The van der Waals surface area contributed by atoms with E-state index in [1.54, 1.807) is 6.92 Å². The summed E-state index contributed by atoms with van der Waals surface area (Å²) in [5, 5.41) is -0.543. The largest absolute Gasteiger partial charge is 0.772 e. The van der Waals surface area contributed by atoms with Crippen LogP contribution in [0.5, 0.6) is 0 Å². The molecule has 1 aromatic carbocycles. The van der Waals surface area contributed by atoms with Gasteiger partial charge in [0.2, 0.25) is 0 Å². The Morgan fingerprint density at radius 2 is 1.81 bits per heavy atom. The lowest BCUT2D eigenvalue weighted by Gasteiger charge is -2.51. The summed E-state index contributed by atoms with van der Waals surface area (Å²) in [5.41, 5.74) is 1.15. The number of amides is 2. The van der Waals surface area contributed by atoms with Crippen molar-refractivity contribution >= 4 is 17.1 Å². The minimum absolute atomic E-state index is 0.0189. The molecule has 1 spiro atoms. The van der Waals surface area contributed by atoms with Crippen molar-refractivity contribution in [1.29, 1.82) is 0 Å². The molecule has 2 unspecified atom stereocenters. The summed E-state index contributed by atoms with van der Waals surface area (Å²) in [6.45, 7) is 3.45. The van der Waals surface area contributed by atoms with Gasteiger partial charge in [-0.1, -0.05) is 54.8 Å². The van der Waals surface area contributed by atoms with Crippen LogP contribution in [0.1, 0.15) is 57.4 Å². The van der Waals surface area contributed by atoms with Gasteiger partial charge >= 0.3 is 6.03 Å². The van der Waals surface area contributed by atoms with Gasteiger partial charge in [-0.25, -0.2) is 4.79 Å². The van der Waals surface area contributed by atoms with Crippen molar-refractivity contribution in [3.8, 4) is 0 Å².